The number of hydrogen-bond donors (Lipinski definition) is 0. The Balaban J connectivity index is 1.88. The first kappa shape index (κ1) is 16.8. The molecule has 3 aromatic rings. The average molecular weight is 338 g/mol. The lowest BCUT2D eigenvalue weighted by Crippen LogP contribution is -2.27. The Labute approximate surface area is 144 Å². The van der Waals surface area contributed by atoms with Crippen molar-refractivity contribution in [1.29, 1.82) is 0 Å². The van der Waals surface area contributed by atoms with Crippen LogP contribution in [0.4, 0.5) is 5.69 Å². The van der Waals surface area contributed by atoms with Gasteiger partial charge in [0.2, 0.25) is 0 Å². The summed E-state index contributed by atoms with van der Waals surface area (Å²) in [6, 6.07) is 13.9. The van der Waals surface area contributed by atoms with Gasteiger partial charge in [0.05, 0.1) is 22.4 Å². The van der Waals surface area contributed by atoms with E-state index in [0.29, 0.717) is 35.4 Å². The van der Waals surface area contributed by atoms with Crippen molar-refractivity contribution < 1.29 is 4.92 Å². The molecule has 2 aromatic carbocycles. The largest absolute Gasteiger partial charge is 0.298 e. The normalized spacial score (nSPS) is 11.2. The summed E-state index contributed by atoms with van der Waals surface area (Å²) < 4.78 is 1.53. The van der Waals surface area contributed by atoms with Crippen molar-refractivity contribution in [2.45, 2.75) is 13.1 Å². The number of nitro groups is 1. The van der Waals surface area contributed by atoms with Gasteiger partial charge in [0.1, 0.15) is 5.82 Å². The summed E-state index contributed by atoms with van der Waals surface area (Å²) in [5.41, 5.74) is 1.27. The minimum absolute atomic E-state index is 0.0923. The maximum atomic E-state index is 12.4. The highest BCUT2D eigenvalue weighted by molar-refractivity contribution is 5.77. The molecule has 25 heavy (non-hydrogen) atoms. The molecule has 0 fully saturated rings. The highest BCUT2D eigenvalue weighted by Gasteiger charge is 2.15. The molecule has 0 aliphatic heterocycles. The monoisotopic (exact) mass is 338 g/mol. The highest BCUT2D eigenvalue weighted by Crippen LogP contribution is 2.19. The first-order chi connectivity index (χ1) is 12.0. The minimum Gasteiger partial charge on any atom is -0.298 e. The lowest BCUT2D eigenvalue weighted by molar-refractivity contribution is -0.385. The second kappa shape index (κ2) is 6.82. The third kappa shape index (κ3) is 3.41. The van der Waals surface area contributed by atoms with Crippen LogP contribution in [0.3, 0.4) is 0 Å². The maximum absolute atomic E-state index is 12.4. The van der Waals surface area contributed by atoms with Gasteiger partial charge in [-0.25, -0.2) is 4.98 Å². The summed E-state index contributed by atoms with van der Waals surface area (Å²) >= 11 is 0. The van der Waals surface area contributed by atoms with Gasteiger partial charge < -0.3 is 0 Å². The van der Waals surface area contributed by atoms with Gasteiger partial charge >= 0.3 is 0 Å². The van der Waals surface area contributed by atoms with Crippen molar-refractivity contribution in [3.8, 4) is 0 Å². The average Bonchev–Trinajstić information content (AvgIpc) is 2.59. The van der Waals surface area contributed by atoms with Gasteiger partial charge in [0.15, 0.2) is 0 Å². The Morgan fingerprint density at radius 2 is 1.80 bits per heavy atom. The molecule has 0 amide bonds. The molecule has 7 nitrogen and oxygen atoms in total. The van der Waals surface area contributed by atoms with E-state index in [-0.39, 0.29) is 16.2 Å². The van der Waals surface area contributed by atoms with E-state index in [4.69, 9.17) is 0 Å². The molecule has 0 N–H and O–H groups in total. The molecule has 1 heterocycles. The number of hydrogen-bond acceptors (Lipinski definition) is 5. The topological polar surface area (TPSA) is 81.3 Å². The summed E-state index contributed by atoms with van der Waals surface area (Å²) in [5.74, 6) is 0.616. The molecular weight excluding hydrogens is 320 g/mol. The second-order valence-corrected chi connectivity index (χ2v) is 5.97. The van der Waals surface area contributed by atoms with Gasteiger partial charge in [-0.2, -0.15) is 0 Å². The van der Waals surface area contributed by atoms with Crippen molar-refractivity contribution in [2.24, 2.45) is 7.05 Å². The molecule has 0 atom stereocenters. The van der Waals surface area contributed by atoms with E-state index in [1.807, 2.05) is 30.1 Å². The Bertz CT molecular complexity index is 997. The van der Waals surface area contributed by atoms with E-state index in [1.165, 1.54) is 10.6 Å². The Morgan fingerprint density at radius 1 is 1.12 bits per heavy atom. The van der Waals surface area contributed by atoms with Crippen molar-refractivity contribution >= 4 is 16.6 Å². The molecule has 0 radical (unpaired) electrons. The number of rotatable bonds is 5. The van der Waals surface area contributed by atoms with Gasteiger partial charge in [0, 0.05) is 25.2 Å². The fourth-order valence-corrected chi connectivity index (χ4v) is 2.82. The molecule has 7 heteroatoms. The molecule has 0 aliphatic rings. The zero-order valence-electron chi connectivity index (χ0n) is 14.0. The molecule has 0 spiro atoms. The van der Waals surface area contributed by atoms with Crippen molar-refractivity contribution in [3.63, 3.8) is 0 Å². The predicted octanol–water partition coefficient (Wildman–Crippen LogP) is 2.47. The number of para-hydroxylation sites is 2. The van der Waals surface area contributed by atoms with E-state index in [9.17, 15) is 14.9 Å². The molecule has 0 saturated heterocycles. The van der Waals surface area contributed by atoms with Gasteiger partial charge in [-0.1, -0.05) is 30.3 Å². The smallest absolute Gasteiger partial charge is 0.273 e. The van der Waals surface area contributed by atoms with Crippen LogP contribution in [-0.2, 0) is 20.1 Å². The van der Waals surface area contributed by atoms with Crippen LogP contribution in [0.25, 0.3) is 10.9 Å². The van der Waals surface area contributed by atoms with E-state index in [0.717, 1.165) is 0 Å². The molecule has 0 aliphatic carbocycles. The number of nitro benzene ring substituents is 1. The SMILES string of the molecule is CN(Cc1ccccc1[N+](=O)[O-])Cc1nc2ccccc2c(=O)n1C. The first-order valence-electron chi connectivity index (χ1n) is 7.83. The van der Waals surface area contributed by atoms with Gasteiger partial charge in [-0.05, 0) is 19.2 Å². The van der Waals surface area contributed by atoms with Crippen LogP contribution in [0.2, 0.25) is 0 Å². The quantitative estimate of drug-likeness (QED) is 0.527. The third-order valence-corrected chi connectivity index (χ3v) is 4.12. The van der Waals surface area contributed by atoms with Crippen molar-refractivity contribution in [1.82, 2.24) is 14.5 Å². The van der Waals surface area contributed by atoms with Crippen molar-refractivity contribution in [2.75, 3.05) is 7.05 Å². The van der Waals surface area contributed by atoms with Crippen LogP contribution in [0.1, 0.15) is 11.4 Å². The molecule has 0 bridgehead atoms. The van der Waals surface area contributed by atoms with Crippen LogP contribution in [0.5, 0.6) is 0 Å². The van der Waals surface area contributed by atoms with E-state index >= 15 is 0 Å². The van der Waals surface area contributed by atoms with E-state index in [2.05, 4.69) is 4.98 Å². The molecule has 0 saturated carbocycles. The zero-order chi connectivity index (χ0) is 18.0. The zero-order valence-corrected chi connectivity index (χ0v) is 14.0. The van der Waals surface area contributed by atoms with Gasteiger partial charge in [-0.15, -0.1) is 0 Å². The second-order valence-electron chi connectivity index (χ2n) is 5.97. The van der Waals surface area contributed by atoms with Crippen LogP contribution in [0.15, 0.2) is 53.3 Å². The summed E-state index contributed by atoms with van der Waals surface area (Å²) in [4.78, 5) is 29.7. The Morgan fingerprint density at radius 3 is 2.56 bits per heavy atom. The fourth-order valence-electron chi connectivity index (χ4n) is 2.82. The van der Waals surface area contributed by atoms with Crippen LogP contribution in [-0.4, -0.2) is 26.4 Å². The van der Waals surface area contributed by atoms with Gasteiger partial charge in [-0.3, -0.25) is 24.4 Å². The number of benzene rings is 2. The van der Waals surface area contributed by atoms with Crippen molar-refractivity contribution in [3.05, 3.63) is 80.4 Å². The third-order valence-electron chi connectivity index (χ3n) is 4.12. The number of nitrogens with zero attached hydrogens (tertiary/aromatic N) is 4. The molecule has 128 valence electrons. The molecular formula is C18H18N4O3. The Hall–Kier alpha value is -3.06. The Kier molecular flexibility index (Phi) is 4.58. The first-order valence-corrected chi connectivity index (χ1v) is 7.83. The lowest BCUT2D eigenvalue weighted by Gasteiger charge is -2.18. The molecule has 0 unspecified atom stereocenters. The minimum atomic E-state index is -0.382. The fraction of sp³-hybridized carbons (Fsp3) is 0.222. The molecule has 1 aromatic heterocycles. The summed E-state index contributed by atoms with van der Waals surface area (Å²) in [5, 5.41) is 11.7. The molecule has 3 rings (SSSR count). The number of fused-ring (bicyclic) bond motifs is 1. The van der Waals surface area contributed by atoms with E-state index < -0.39 is 0 Å². The summed E-state index contributed by atoms with van der Waals surface area (Å²) in [7, 11) is 3.54. The predicted molar refractivity (Wildman–Crippen MR) is 95.3 cm³/mol. The summed E-state index contributed by atoms with van der Waals surface area (Å²) in [6.45, 7) is 0.794. The van der Waals surface area contributed by atoms with Crippen LogP contribution < -0.4 is 5.56 Å². The van der Waals surface area contributed by atoms with Crippen LogP contribution in [0, 0.1) is 10.1 Å². The van der Waals surface area contributed by atoms with Gasteiger partial charge in [0.25, 0.3) is 11.2 Å². The van der Waals surface area contributed by atoms with Crippen LogP contribution >= 0.6 is 0 Å². The van der Waals surface area contributed by atoms with E-state index in [1.54, 1.807) is 31.3 Å². The lowest BCUT2D eigenvalue weighted by atomic mass is 10.1. The highest BCUT2D eigenvalue weighted by atomic mass is 16.6. The summed E-state index contributed by atoms with van der Waals surface area (Å²) in [6.07, 6.45) is 0. The number of aromatic nitrogens is 2. The maximum Gasteiger partial charge on any atom is 0.273 e. The standard InChI is InChI=1S/C18H18N4O3/c1-20(11-13-7-3-6-10-16(13)22(24)25)12-17-19-15-9-5-4-8-14(15)18(23)21(17)2/h3-10H,11-12H2,1-2H3.